The normalized spacial score (nSPS) is 26.5. The number of aromatic nitrogens is 2. The lowest BCUT2D eigenvalue weighted by atomic mass is 9.66. The molecule has 7 N–H and O–H groups in total. The molecule has 7 aliphatic rings. The molecule has 0 saturated heterocycles. The topological polar surface area (TPSA) is 168 Å². The maximum absolute atomic E-state index is 15.9. The minimum absolute atomic E-state index is 0.00639. The van der Waals surface area contributed by atoms with Gasteiger partial charge < -0.3 is 40.4 Å². The molecular formula is C58H59N3O7. The quantitative estimate of drug-likeness (QED) is 0.0503. The van der Waals surface area contributed by atoms with E-state index in [0.29, 0.717) is 30.6 Å². The van der Waals surface area contributed by atoms with Gasteiger partial charge in [0.25, 0.3) is 0 Å². The molecular weight excluding hydrogens is 851 g/mol. The molecule has 12 rings (SSSR count). The molecule has 10 heteroatoms. The van der Waals surface area contributed by atoms with Gasteiger partial charge in [-0.2, -0.15) is 0 Å². The first-order valence-corrected chi connectivity index (χ1v) is 24.7. The standard InChI is InChI=1S/C58H59N3O7/c62-26-23-45-53(65)20-14-35-28-37(56(66)54(31-35)68-38-6-1-2-7-38)27-34-13-17-40-43-19-18-41(46(40)30-34)44-22-25-60-58(44)61-49(8-4-10-52(43)64)48-32-50-42(21-24-59-50)47(55(48)57(45)67)29-33-11-15-36-5-3-9-51(63)39(36)16-12-33/h3,5,9,12-13,16-19,21-22,24-25,28,30-33,38,41,43,45,47,49,52,55,59-64,66H,1-2,6-7,10-11,14-15,20,23,26-27,29H2. The van der Waals surface area contributed by atoms with E-state index in [-0.39, 0.29) is 78.7 Å². The van der Waals surface area contributed by atoms with Crippen LogP contribution in [0.2, 0.25) is 0 Å². The number of ketones is 2. The molecule has 1 fully saturated rings. The highest BCUT2D eigenvalue weighted by molar-refractivity contribution is 6.05. The second kappa shape index (κ2) is 18.5. The average molecular weight is 910 g/mol. The van der Waals surface area contributed by atoms with Crippen molar-refractivity contribution in [1.82, 2.24) is 9.97 Å². The van der Waals surface area contributed by atoms with E-state index in [1.807, 2.05) is 48.8 Å². The van der Waals surface area contributed by atoms with Gasteiger partial charge in [0.2, 0.25) is 0 Å². The van der Waals surface area contributed by atoms with Crippen LogP contribution in [0.3, 0.4) is 0 Å². The fourth-order valence-electron chi connectivity index (χ4n) is 12.2. The first-order valence-electron chi connectivity index (χ1n) is 24.7. The Labute approximate surface area is 397 Å². The molecule has 3 aromatic carbocycles. The van der Waals surface area contributed by atoms with Gasteiger partial charge in [0.1, 0.15) is 23.4 Å². The summed E-state index contributed by atoms with van der Waals surface area (Å²) in [7, 11) is 0. The van der Waals surface area contributed by atoms with Crippen molar-refractivity contribution in [2.75, 3.05) is 11.9 Å². The number of aliphatic hydroxyl groups excluding tert-OH is 2. The summed E-state index contributed by atoms with van der Waals surface area (Å²) in [6, 6.07) is 19.3. The first kappa shape index (κ1) is 44.0. The van der Waals surface area contributed by atoms with Crippen LogP contribution in [0.4, 0.5) is 5.82 Å². The summed E-state index contributed by atoms with van der Waals surface area (Å²) in [6.45, 7) is -0.342. The Kier molecular flexibility index (Phi) is 12.0. The molecule has 8 unspecified atom stereocenters. The highest BCUT2D eigenvalue weighted by atomic mass is 16.5. The minimum Gasteiger partial charge on any atom is -0.507 e. The predicted molar refractivity (Wildman–Crippen MR) is 263 cm³/mol. The SMILES string of the molecule is O=C1CCc2cc(c(O)c(OC3CCCC3)c2)Cc2ccc3c(c2)C2C=CC3C(O)CC#CC(Nc3[nH]ccc32)C2=Cc3[nH]ccc3C(CC3C=Cc4c(O)cccc4CC3)C2C(=O)C1CCO. The van der Waals surface area contributed by atoms with E-state index >= 15 is 4.79 Å². The third-order valence-electron chi connectivity index (χ3n) is 15.7. The van der Waals surface area contributed by atoms with Gasteiger partial charge >= 0.3 is 0 Å². The number of aryl methyl sites for hydroxylation is 2. The Morgan fingerprint density at radius 3 is 2.53 bits per heavy atom. The molecule has 8 atom stereocenters. The van der Waals surface area contributed by atoms with Gasteiger partial charge in [0.05, 0.1) is 18.1 Å². The second-order valence-corrected chi connectivity index (χ2v) is 19.9. The zero-order valence-corrected chi connectivity index (χ0v) is 38.2. The molecule has 0 radical (unpaired) electrons. The van der Waals surface area contributed by atoms with Gasteiger partial charge in [0.15, 0.2) is 17.3 Å². The minimum atomic E-state index is -1.10. The van der Waals surface area contributed by atoms with Gasteiger partial charge in [-0.25, -0.2) is 0 Å². The van der Waals surface area contributed by atoms with Crippen molar-refractivity contribution in [1.29, 1.82) is 0 Å². The maximum atomic E-state index is 15.9. The molecule has 1 saturated carbocycles. The summed E-state index contributed by atoms with van der Waals surface area (Å²) in [4.78, 5) is 37.7. The lowest BCUT2D eigenvalue weighted by molar-refractivity contribution is -0.135. The van der Waals surface area contributed by atoms with Gasteiger partial charge in [-0.3, -0.25) is 9.59 Å². The molecule has 0 spiro atoms. The van der Waals surface area contributed by atoms with Crippen molar-refractivity contribution in [2.24, 2.45) is 17.8 Å². The molecule has 4 aliphatic carbocycles. The van der Waals surface area contributed by atoms with Crippen LogP contribution in [0.1, 0.15) is 131 Å². The van der Waals surface area contributed by atoms with Crippen molar-refractivity contribution < 1.29 is 34.8 Å². The summed E-state index contributed by atoms with van der Waals surface area (Å²) in [5.74, 6) is 5.12. The van der Waals surface area contributed by atoms with Crippen molar-refractivity contribution >= 4 is 29.5 Å². The van der Waals surface area contributed by atoms with Crippen LogP contribution in [0.15, 0.2) is 96.9 Å². The number of hydrogen-bond acceptors (Lipinski definition) is 8. The van der Waals surface area contributed by atoms with Crippen LogP contribution in [0.5, 0.6) is 17.2 Å². The number of carbonyl (C=O) groups is 2. The Morgan fingerprint density at radius 1 is 0.809 bits per heavy atom. The molecule has 3 aliphatic heterocycles. The van der Waals surface area contributed by atoms with Crippen LogP contribution in [0, 0.1) is 29.6 Å². The number of nitrogens with one attached hydrogen (secondary N) is 3. The second-order valence-electron chi connectivity index (χ2n) is 19.9. The number of Topliss-reactive ketones (excluding diaryl/α,β-unsaturated/α-hetero) is 2. The maximum Gasteiger partial charge on any atom is 0.161 e. The fraction of sp³-hybridized carbons (Fsp3) is 0.379. The monoisotopic (exact) mass is 909 g/mol. The van der Waals surface area contributed by atoms with E-state index in [2.05, 4.69) is 75.7 Å². The molecule has 5 heterocycles. The lowest BCUT2D eigenvalue weighted by Gasteiger charge is -2.38. The van der Waals surface area contributed by atoms with Crippen molar-refractivity contribution in [3.63, 3.8) is 0 Å². The van der Waals surface area contributed by atoms with Gasteiger partial charge in [-0.05, 0) is 133 Å². The number of aromatic amines is 2. The summed E-state index contributed by atoms with van der Waals surface area (Å²) < 4.78 is 6.51. The zero-order valence-electron chi connectivity index (χ0n) is 38.2. The van der Waals surface area contributed by atoms with Gasteiger partial charge in [-0.1, -0.05) is 72.5 Å². The number of rotatable bonds is 6. The summed E-state index contributed by atoms with van der Waals surface area (Å²) >= 11 is 0. The summed E-state index contributed by atoms with van der Waals surface area (Å²) in [6.07, 6.45) is 20.5. The Morgan fingerprint density at radius 2 is 1.66 bits per heavy atom. The molecule has 7 bridgehead atoms. The largest absolute Gasteiger partial charge is 0.507 e. The lowest BCUT2D eigenvalue weighted by Crippen LogP contribution is -2.41. The predicted octanol–water partition coefficient (Wildman–Crippen LogP) is 9.55. The average Bonchev–Trinajstić information content (AvgIpc) is 4.12. The van der Waals surface area contributed by atoms with E-state index in [4.69, 9.17) is 4.74 Å². The molecule has 10 nitrogen and oxygen atoms in total. The van der Waals surface area contributed by atoms with Gasteiger partial charge in [0, 0.05) is 84.3 Å². The van der Waals surface area contributed by atoms with Crippen LogP contribution < -0.4 is 10.1 Å². The van der Waals surface area contributed by atoms with Crippen molar-refractivity contribution in [3.05, 3.63) is 153 Å². The molecule has 68 heavy (non-hydrogen) atoms. The van der Waals surface area contributed by atoms with Crippen LogP contribution in [-0.4, -0.2) is 66.8 Å². The summed E-state index contributed by atoms with van der Waals surface area (Å²) in [5.41, 5.74) is 10.0. The van der Waals surface area contributed by atoms with Gasteiger partial charge in [-0.15, -0.1) is 0 Å². The Hall–Kier alpha value is -6.54. The van der Waals surface area contributed by atoms with E-state index in [1.165, 1.54) is 0 Å². The fourth-order valence-corrected chi connectivity index (χ4v) is 12.2. The van der Waals surface area contributed by atoms with E-state index in [0.717, 1.165) is 100 Å². The molecule has 348 valence electrons. The number of anilines is 1. The number of aromatic hydroxyl groups is 2. The first-order chi connectivity index (χ1) is 33.2. The smallest absolute Gasteiger partial charge is 0.161 e. The van der Waals surface area contributed by atoms with Crippen molar-refractivity contribution in [2.45, 2.75) is 113 Å². The number of benzene rings is 3. The van der Waals surface area contributed by atoms with E-state index in [9.17, 15) is 25.2 Å². The third-order valence-corrected chi connectivity index (χ3v) is 15.7. The molecule has 0 amide bonds. The number of allylic oxidation sites excluding steroid dienone is 2. The summed E-state index contributed by atoms with van der Waals surface area (Å²) in [5, 5.41) is 49.1. The molecule has 5 aromatic rings. The van der Waals surface area contributed by atoms with Crippen LogP contribution in [0.25, 0.3) is 12.2 Å². The number of fused-ring (bicyclic) bond motifs is 8. The number of aliphatic hydroxyl groups is 2. The number of carbonyl (C=O) groups excluding carboxylic acids is 2. The third kappa shape index (κ3) is 8.30. The highest BCUT2D eigenvalue weighted by Gasteiger charge is 2.45. The number of hydrogen-bond donors (Lipinski definition) is 7. The van der Waals surface area contributed by atoms with Crippen LogP contribution in [-0.2, 0) is 28.9 Å². The van der Waals surface area contributed by atoms with Crippen LogP contribution >= 0.6 is 0 Å². The van der Waals surface area contributed by atoms with Crippen molar-refractivity contribution in [3.8, 4) is 29.1 Å². The number of phenols is 2. The Balaban J connectivity index is 1.07. The van der Waals surface area contributed by atoms with E-state index in [1.54, 1.807) is 6.07 Å². The highest BCUT2D eigenvalue weighted by Crippen LogP contribution is 2.49. The number of phenolic OH excluding ortho intramolecular Hbond substituents is 2. The molecule has 2 aromatic heterocycles. The number of H-pyrrole nitrogens is 2. The van der Waals surface area contributed by atoms with E-state index < -0.39 is 24.0 Å². The zero-order chi connectivity index (χ0) is 46.5. The number of ether oxygens (including phenoxy) is 1. The Bertz CT molecular complexity index is 2920.